The molecular weight excluding hydrogens is 1130 g/mol. The SMILES string of the molecule is CC(c1ccc2c(n1)oc1c(-c3nc4ccc5ccccc5c4n3-c3c(-c4ccccc4)cc(C(C)(C)C)cc3-c3ccccc3)[c-]ccc12)C1CCCC1.CCC(C)Cc1cc(-c2[c-]cccc2)ncc1[Si](C)(C)C.[Ir]. The van der Waals surface area contributed by atoms with Gasteiger partial charge in [-0.15, -0.1) is 54.1 Å². The minimum absolute atomic E-state index is 0. The van der Waals surface area contributed by atoms with E-state index in [0.717, 1.165) is 107 Å². The number of rotatable bonds is 11. The predicted molar refractivity (Wildman–Crippen MR) is 323 cm³/mol. The molecule has 12 rings (SSSR count). The molecule has 391 valence electrons. The molecule has 77 heavy (non-hydrogen) atoms. The molecule has 2 unspecified atom stereocenters. The normalized spacial score (nSPS) is 13.9. The van der Waals surface area contributed by atoms with Crippen LogP contribution in [0.1, 0.15) is 96.4 Å². The van der Waals surface area contributed by atoms with Gasteiger partial charge in [0.2, 0.25) is 5.71 Å². The minimum atomic E-state index is -1.35. The molecular formula is C70H70IrN4OSi-2. The molecule has 11 aromatic rings. The van der Waals surface area contributed by atoms with Gasteiger partial charge in [-0.1, -0.05) is 194 Å². The van der Waals surface area contributed by atoms with Gasteiger partial charge in [0.15, 0.2) is 0 Å². The molecule has 0 aliphatic heterocycles. The van der Waals surface area contributed by atoms with Crippen LogP contribution in [0.15, 0.2) is 174 Å². The van der Waals surface area contributed by atoms with Crippen molar-refractivity contribution in [3.8, 4) is 50.6 Å². The number of hydrogen-bond acceptors (Lipinski definition) is 4. The monoisotopic (exact) mass is 1200 g/mol. The summed E-state index contributed by atoms with van der Waals surface area (Å²) >= 11 is 0. The van der Waals surface area contributed by atoms with E-state index in [1.54, 1.807) is 0 Å². The number of fused-ring (bicyclic) bond motifs is 6. The number of hydrogen-bond donors (Lipinski definition) is 0. The van der Waals surface area contributed by atoms with Gasteiger partial charge in [-0.25, -0.2) is 4.98 Å². The molecule has 1 aliphatic carbocycles. The predicted octanol–water partition coefficient (Wildman–Crippen LogP) is 18.5. The first kappa shape index (κ1) is 53.6. The number of aromatic nitrogens is 4. The van der Waals surface area contributed by atoms with Gasteiger partial charge < -0.3 is 14.0 Å². The second-order valence-corrected chi connectivity index (χ2v) is 28.5. The van der Waals surface area contributed by atoms with Crippen LogP contribution < -0.4 is 5.19 Å². The summed E-state index contributed by atoms with van der Waals surface area (Å²) in [6, 6.07) is 65.2. The van der Waals surface area contributed by atoms with Crippen molar-refractivity contribution in [3.05, 3.63) is 199 Å². The van der Waals surface area contributed by atoms with Crippen molar-refractivity contribution in [1.82, 2.24) is 19.5 Å². The molecule has 5 nitrogen and oxygen atoms in total. The Hall–Kier alpha value is -6.76. The van der Waals surface area contributed by atoms with E-state index in [1.165, 1.54) is 48.4 Å². The molecule has 2 atom stereocenters. The van der Waals surface area contributed by atoms with Crippen molar-refractivity contribution in [1.29, 1.82) is 0 Å². The maximum Gasteiger partial charge on any atom is 0.216 e. The molecule has 0 N–H and O–H groups in total. The molecule has 1 aliphatic rings. The van der Waals surface area contributed by atoms with E-state index in [9.17, 15) is 0 Å². The number of nitrogens with zero attached hydrogens (tertiary/aromatic N) is 4. The van der Waals surface area contributed by atoms with Crippen LogP contribution in [0.3, 0.4) is 0 Å². The van der Waals surface area contributed by atoms with Gasteiger partial charge in [-0.05, 0) is 99.8 Å². The minimum Gasteiger partial charge on any atom is -0.486 e. The number of imidazole rings is 1. The molecule has 0 saturated heterocycles. The molecule has 1 fully saturated rings. The van der Waals surface area contributed by atoms with Gasteiger partial charge >= 0.3 is 0 Å². The Balaban J connectivity index is 0.000000258. The van der Waals surface area contributed by atoms with Crippen LogP contribution >= 0.6 is 0 Å². The van der Waals surface area contributed by atoms with E-state index in [2.05, 4.69) is 224 Å². The molecule has 0 bridgehead atoms. The van der Waals surface area contributed by atoms with E-state index in [4.69, 9.17) is 19.4 Å². The third kappa shape index (κ3) is 10.8. The van der Waals surface area contributed by atoms with Gasteiger partial charge in [0.05, 0.1) is 36.2 Å². The molecule has 1 radical (unpaired) electrons. The Kier molecular flexibility index (Phi) is 15.5. The molecule has 0 amide bonds. The van der Waals surface area contributed by atoms with Crippen LogP contribution in [-0.2, 0) is 31.9 Å². The topological polar surface area (TPSA) is 56.7 Å². The Bertz CT molecular complexity index is 3780. The van der Waals surface area contributed by atoms with Crippen LogP contribution in [0.2, 0.25) is 19.6 Å². The van der Waals surface area contributed by atoms with E-state index < -0.39 is 8.07 Å². The standard InChI is InChI=1S/C51H44N3O.C19H26NSi.Ir/c1-32(33-16-11-12-17-33)44-29-27-40-39-24-15-25-41(48(39)55-50(40)53-44)49-52-45-28-26-36-22-13-14-23-38(36)47(45)54(49)46-42(34-18-7-5-8-19-34)30-37(51(2,3)4)31-43(46)35-20-9-6-10-21-35;1-6-15(2)12-17-13-18(16-10-8-7-9-11-16)20-14-19(17)21(3,4)5;/h5-10,13-15,18-24,26-33H,11-12,16-17H2,1-4H3;7-10,13-15H,6,12H2,1-5H3;/q2*-1;. The van der Waals surface area contributed by atoms with Crippen molar-refractivity contribution < 1.29 is 24.5 Å². The molecule has 4 heterocycles. The summed E-state index contributed by atoms with van der Waals surface area (Å²) in [4.78, 5) is 15.4. The molecule has 0 spiro atoms. The largest absolute Gasteiger partial charge is 0.486 e. The van der Waals surface area contributed by atoms with E-state index in [0.29, 0.717) is 17.5 Å². The quantitative estimate of drug-likeness (QED) is 0.0957. The number of furan rings is 1. The third-order valence-corrected chi connectivity index (χ3v) is 18.1. The second kappa shape index (κ2) is 22.3. The summed E-state index contributed by atoms with van der Waals surface area (Å²) < 4.78 is 9.26. The Labute approximate surface area is 470 Å². The van der Waals surface area contributed by atoms with E-state index in [1.807, 2.05) is 24.3 Å². The fourth-order valence-corrected chi connectivity index (χ4v) is 13.1. The number of pyridine rings is 2. The van der Waals surface area contributed by atoms with Gasteiger partial charge in [-0.3, -0.25) is 4.98 Å². The first-order chi connectivity index (χ1) is 36.7. The van der Waals surface area contributed by atoms with Crippen molar-refractivity contribution in [3.63, 3.8) is 0 Å². The van der Waals surface area contributed by atoms with Gasteiger partial charge in [-0.2, -0.15) is 0 Å². The number of benzene rings is 7. The van der Waals surface area contributed by atoms with Crippen LogP contribution in [0.5, 0.6) is 0 Å². The summed E-state index contributed by atoms with van der Waals surface area (Å²) in [5.41, 5.74) is 15.8. The van der Waals surface area contributed by atoms with Gasteiger partial charge in [0.1, 0.15) is 0 Å². The van der Waals surface area contributed by atoms with E-state index >= 15 is 0 Å². The molecule has 4 aromatic heterocycles. The molecule has 1 saturated carbocycles. The first-order valence-electron chi connectivity index (χ1n) is 27.7. The summed E-state index contributed by atoms with van der Waals surface area (Å²) in [6.07, 6.45) is 9.68. The zero-order valence-electron chi connectivity index (χ0n) is 46.2. The average Bonchev–Trinajstić information content (AvgIpc) is 4.29. The second-order valence-electron chi connectivity index (χ2n) is 23.4. The van der Waals surface area contributed by atoms with E-state index in [-0.39, 0.29) is 25.5 Å². The third-order valence-electron chi connectivity index (χ3n) is 16.1. The van der Waals surface area contributed by atoms with Crippen LogP contribution in [0, 0.1) is 24.0 Å². The summed E-state index contributed by atoms with van der Waals surface area (Å²) in [5.74, 6) is 2.58. The zero-order valence-corrected chi connectivity index (χ0v) is 49.6. The van der Waals surface area contributed by atoms with Gasteiger partial charge in [0, 0.05) is 59.8 Å². The Morgan fingerprint density at radius 3 is 2.03 bits per heavy atom. The van der Waals surface area contributed by atoms with Crippen molar-refractivity contribution in [2.45, 2.75) is 111 Å². The van der Waals surface area contributed by atoms with Gasteiger partial charge in [0.25, 0.3) is 0 Å². The fourth-order valence-electron chi connectivity index (χ4n) is 11.5. The van der Waals surface area contributed by atoms with Crippen molar-refractivity contribution in [2.75, 3.05) is 0 Å². The summed E-state index contributed by atoms with van der Waals surface area (Å²) in [5, 5.41) is 5.85. The maximum absolute atomic E-state index is 6.86. The summed E-state index contributed by atoms with van der Waals surface area (Å²) in [6.45, 7) is 21.0. The molecule has 7 aromatic carbocycles. The Morgan fingerprint density at radius 1 is 0.701 bits per heavy atom. The van der Waals surface area contributed by atoms with Crippen LogP contribution in [-0.4, -0.2) is 27.6 Å². The van der Waals surface area contributed by atoms with Crippen LogP contribution in [0.25, 0.3) is 94.5 Å². The smallest absolute Gasteiger partial charge is 0.216 e. The first-order valence-corrected chi connectivity index (χ1v) is 31.2. The maximum atomic E-state index is 6.86. The van der Waals surface area contributed by atoms with Crippen molar-refractivity contribution in [2.24, 2.45) is 11.8 Å². The average molecular weight is 1200 g/mol. The zero-order chi connectivity index (χ0) is 52.7. The molecule has 7 heteroatoms. The summed E-state index contributed by atoms with van der Waals surface area (Å²) in [7, 11) is -1.35. The van der Waals surface area contributed by atoms with Crippen LogP contribution in [0.4, 0.5) is 0 Å². The van der Waals surface area contributed by atoms with Crippen molar-refractivity contribution >= 4 is 57.1 Å². The Morgan fingerprint density at radius 2 is 1.38 bits per heavy atom. The fraction of sp³-hybridized carbons (Fsp3) is 0.271.